The summed E-state index contributed by atoms with van der Waals surface area (Å²) in [6, 6.07) is 8.30. The van der Waals surface area contributed by atoms with E-state index in [1.165, 1.54) is 12.0 Å². The molecule has 120 valence electrons. The van der Waals surface area contributed by atoms with Crippen LogP contribution in [0.15, 0.2) is 24.3 Å². The lowest BCUT2D eigenvalue weighted by Crippen LogP contribution is -2.35. The van der Waals surface area contributed by atoms with Crippen LogP contribution in [-0.4, -0.2) is 17.3 Å². The molecular formula is C19H32O2. The summed E-state index contributed by atoms with van der Waals surface area (Å²) in [4.78, 5) is 0. The first-order chi connectivity index (χ1) is 10.0. The fourth-order valence-corrected chi connectivity index (χ4v) is 2.73. The van der Waals surface area contributed by atoms with E-state index in [2.05, 4.69) is 39.8 Å². The maximum atomic E-state index is 10.6. The third-order valence-corrected chi connectivity index (χ3v) is 4.12. The minimum absolute atomic E-state index is 0.390. The third kappa shape index (κ3) is 6.52. The molecule has 0 aromatic heterocycles. The Kier molecular flexibility index (Phi) is 7.81. The second kappa shape index (κ2) is 9.09. The molecular weight excluding hydrogens is 260 g/mol. The van der Waals surface area contributed by atoms with E-state index in [1.807, 2.05) is 12.1 Å². The lowest BCUT2D eigenvalue weighted by Gasteiger charge is -2.27. The molecule has 0 saturated heterocycles. The van der Waals surface area contributed by atoms with E-state index >= 15 is 0 Å². The highest BCUT2D eigenvalue weighted by Gasteiger charge is 2.25. The van der Waals surface area contributed by atoms with Gasteiger partial charge >= 0.3 is 0 Å². The van der Waals surface area contributed by atoms with Gasteiger partial charge in [0.25, 0.3) is 0 Å². The molecule has 0 spiro atoms. The second-order valence-corrected chi connectivity index (χ2v) is 6.38. The fourth-order valence-electron chi connectivity index (χ4n) is 2.73. The average Bonchev–Trinajstić information content (AvgIpc) is 2.46. The van der Waals surface area contributed by atoms with Gasteiger partial charge in [-0.3, -0.25) is 0 Å². The Morgan fingerprint density at radius 2 is 1.81 bits per heavy atom. The van der Waals surface area contributed by atoms with Crippen LogP contribution in [0.3, 0.4) is 0 Å². The van der Waals surface area contributed by atoms with Gasteiger partial charge in [-0.25, -0.2) is 0 Å². The Hall–Kier alpha value is -1.02. The highest BCUT2D eigenvalue weighted by atomic mass is 16.5. The van der Waals surface area contributed by atoms with Crippen LogP contribution in [0.2, 0.25) is 0 Å². The molecule has 1 aromatic carbocycles. The van der Waals surface area contributed by atoms with Crippen LogP contribution in [0.25, 0.3) is 0 Å². The van der Waals surface area contributed by atoms with Crippen LogP contribution >= 0.6 is 0 Å². The van der Waals surface area contributed by atoms with E-state index in [4.69, 9.17) is 4.74 Å². The number of ether oxygens (including phenoxy) is 1. The van der Waals surface area contributed by atoms with Gasteiger partial charge in [-0.1, -0.05) is 59.1 Å². The van der Waals surface area contributed by atoms with E-state index in [0.29, 0.717) is 12.5 Å². The molecule has 21 heavy (non-hydrogen) atoms. The summed E-state index contributed by atoms with van der Waals surface area (Å²) in [6.07, 6.45) is 5.84. The van der Waals surface area contributed by atoms with Gasteiger partial charge in [-0.2, -0.15) is 0 Å². The Morgan fingerprint density at radius 3 is 2.38 bits per heavy atom. The van der Waals surface area contributed by atoms with Crippen molar-refractivity contribution in [1.29, 1.82) is 0 Å². The number of hydrogen-bond donors (Lipinski definition) is 1. The van der Waals surface area contributed by atoms with Crippen molar-refractivity contribution in [2.45, 2.75) is 71.8 Å². The molecule has 0 radical (unpaired) electrons. The Labute approximate surface area is 130 Å². The normalized spacial score (nSPS) is 13.2. The molecule has 1 N–H and O–H groups in total. The molecule has 0 heterocycles. The Balaban J connectivity index is 2.63. The topological polar surface area (TPSA) is 29.5 Å². The third-order valence-electron chi connectivity index (χ3n) is 4.12. The van der Waals surface area contributed by atoms with Crippen molar-refractivity contribution >= 4 is 0 Å². The van der Waals surface area contributed by atoms with Crippen molar-refractivity contribution in [3.8, 4) is 5.75 Å². The van der Waals surface area contributed by atoms with Crippen molar-refractivity contribution in [2.75, 3.05) is 6.61 Å². The minimum Gasteiger partial charge on any atom is -0.491 e. The van der Waals surface area contributed by atoms with Gasteiger partial charge in [-0.15, -0.1) is 0 Å². The molecule has 1 rings (SSSR count). The summed E-state index contributed by atoms with van der Waals surface area (Å²) >= 11 is 0. The van der Waals surface area contributed by atoms with E-state index in [1.54, 1.807) is 0 Å². The minimum atomic E-state index is -0.684. The summed E-state index contributed by atoms with van der Waals surface area (Å²) < 4.78 is 5.88. The molecule has 0 aliphatic carbocycles. The zero-order valence-corrected chi connectivity index (χ0v) is 14.2. The van der Waals surface area contributed by atoms with E-state index < -0.39 is 5.60 Å². The molecule has 0 bridgehead atoms. The molecule has 1 atom stereocenters. The van der Waals surface area contributed by atoms with E-state index in [0.717, 1.165) is 37.9 Å². The van der Waals surface area contributed by atoms with Crippen molar-refractivity contribution in [3.05, 3.63) is 29.8 Å². The molecule has 0 saturated carbocycles. The van der Waals surface area contributed by atoms with Gasteiger partial charge in [0.05, 0.1) is 5.60 Å². The van der Waals surface area contributed by atoms with Gasteiger partial charge in [-0.05, 0) is 42.9 Å². The molecule has 0 aliphatic rings. The van der Waals surface area contributed by atoms with Crippen molar-refractivity contribution in [1.82, 2.24) is 0 Å². The maximum Gasteiger partial charge on any atom is 0.119 e. The van der Waals surface area contributed by atoms with Crippen LogP contribution < -0.4 is 4.74 Å². The van der Waals surface area contributed by atoms with Crippen molar-refractivity contribution in [2.24, 2.45) is 5.92 Å². The lowest BCUT2D eigenvalue weighted by atomic mass is 9.94. The zero-order chi connectivity index (χ0) is 15.7. The largest absolute Gasteiger partial charge is 0.491 e. The highest BCUT2D eigenvalue weighted by molar-refractivity contribution is 5.28. The smallest absolute Gasteiger partial charge is 0.119 e. The molecule has 0 fully saturated rings. The predicted octanol–water partition coefficient (Wildman–Crippen LogP) is 4.99. The number of hydrogen-bond acceptors (Lipinski definition) is 2. The average molecular weight is 292 g/mol. The summed E-state index contributed by atoms with van der Waals surface area (Å²) in [5, 5.41) is 10.6. The molecule has 0 amide bonds. The lowest BCUT2D eigenvalue weighted by molar-refractivity contribution is -0.0202. The highest BCUT2D eigenvalue weighted by Crippen LogP contribution is 2.23. The quantitative estimate of drug-likeness (QED) is 0.658. The fraction of sp³-hybridized carbons (Fsp3) is 0.684. The number of benzene rings is 1. The number of rotatable bonds is 10. The molecule has 2 nitrogen and oxygen atoms in total. The van der Waals surface area contributed by atoms with E-state index in [-0.39, 0.29) is 0 Å². The SMILES string of the molecule is CCCC(O)(CCC)COc1cccc(C[C@H](C)CC)c1. The van der Waals surface area contributed by atoms with Gasteiger partial charge in [0.1, 0.15) is 12.4 Å². The molecule has 0 unspecified atom stereocenters. The zero-order valence-electron chi connectivity index (χ0n) is 14.2. The first-order valence-electron chi connectivity index (χ1n) is 8.47. The van der Waals surface area contributed by atoms with E-state index in [9.17, 15) is 5.11 Å². The molecule has 1 aromatic rings. The molecule has 2 heteroatoms. The Bertz CT molecular complexity index is 394. The van der Waals surface area contributed by atoms with Gasteiger partial charge < -0.3 is 9.84 Å². The monoisotopic (exact) mass is 292 g/mol. The first-order valence-corrected chi connectivity index (χ1v) is 8.47. The second-order valence-electron chi connectivity index (χ2n) is 6.38. The summed E-state index contributed by atoms with van der Waals surface area (Å²) in [6.45, 7) is 9.09. The van der Waals surface area contributed by atoms with Gasteiger partial charge in [0, 0.05) is 0 Å². The van der Waals surface area contributed by atoms with Crippen LogP contribution in [-0.2, 0) is 6.42 Å². The van der Waals surface area contributed by atoms with Crippen LogP contribution in [0.5, 0.6) is 5.75 Å². The standard InChI is InChI=1S/C19H32O2/c1-5-11-19(20,12-6-2)15-21-18-10-8-9-17(14-18)13-16(4)7-3/h8-10,14,16,20H,5-7,11-13,15H2,1-4H3/t16-/m1/s1. The predicted molar refractivity (Wildman–Crippen MR) is 89.9 cm³/mol. The van der Waals surface area contributed by atoms with Crippen molar-refractivity contribution < 1.29 is 9.84 Å². The Morgan fingerprint density at radius 1 is 1.14 bits per heavy atom. The van der Waals surface area contributed by atoms with Crippen LogP contribution in [0.4, 0.5) is 0 Å². The maximum absolute atomic E-state index is 10.6. The van der Waals surface area contributed by atoms with Crippen LogP contribution in [0, 0.1) is 5.92 Å². The van der Waals surface area contributed by atoms with Gasteiger partial charge in [0.15, 0.2) is 0 Å². The number of aliphatic hydroxyl groups is 1. The summed E-state index contributed by atoms with van der Waals surface area (Å²) in [5.41, 5.74) is 0.632. The van der Waals surface area contributed by atoms with Crippen LogP contribution in [0.1, 0.15) is 65.4 Å². The summed E-state index contributed by atoms with van der Waals surface area (Å²) in [7, 11) is 0. The van der Waals surface area contributed by atoms with Gasteiger partial charge in [0.2, 0.25) is 0 Å². The van der Waals surface area contributed by atoms with Crippen molar-refractivity contribution in [3.63, 3.8) is 0 Å². The molecule has 0 aliphatic heterocycles. The summed E-state index contributed by atoms with van der Waals surface area (Å²) in [5.74, 6) is 1.57. The first kappa shape index (κ1) is 18.0.